The molecule has 0 aliphatic rings. The summed E-state index contributed by atoms with van der Waals surface area (Å²) in [4.78, 5) is 29.6. The number of amides is 1. The van der Waals surface area contributed by atoms with Gasteiger partial charge < -0.3 is 10.1 Å². The molecule has 0 saturated carbocycles. The van der Waals surface area contributed by atoms with Gasteiger partial charge in [0.2, 0.25) is 0 Å². The molecule has 0 aliphatic heterocycles. The summed E-state index contributed by atoms with van der Waals surface area (Å²) in [6.45, 7) is 3.83. The van der Waals surface area contributed by atoms with E-state index in [1.807, 2.05) is 60.7 Å². The summed E-state index contributed by atoms with van der Waals surface area (Å²) in [5, 5.41) is 3.56. The molecular weight excluding hydrogens is 372 g/mol. The second kappa shape index (κ2) is 9.28. The van der Waals surface area contributed by atoms with Gasteiger partial charge in [0, 0.05) is 12.1 Å². The van der Waals surface area contributed by atoms with Crippen LogP contribution in [0, 0.1) is 6.92 Å². The molecule has 1 N–H and O–H groups in total. The maximum atomic E-state index is 12.5. The third kappa shape index (κ3) is 5.04. The second-order valence-corrected chi connectivity index (χ2v) is 7.37. The molecule has 1 heterocycles. The first-order chi connectivity index (χ1) is 13.5. The van der Waals surface area contributed by atoms with E-state index >= 15 is 0 Å². The first kappa shape index (κ1) is 19.8. The molecule has 28 heavy (non-hydrogen) atoms. The van der Waals surface area contributed by atoms with Crippen LogP contribution in [0.3, 0.4) is 0 Å². The van der Waals surface area contributed by atoms with E-state index in [2.05, 4.69) is 10.3 Å². The highest BCUT2D eigenvalue weighted by Gasteiger charge is 2.22. The fourth-order valence-electron chi connectivity index (χ4n) is 2.68. The van der Waals surface area contributed by atoms with Crippen LogP contribution >= 0.6 is 11.3 Å². The van der Waals surface area contributed by atoms with Crippen molar-refractivity contribution in [2.75, 3.05) is 6.54 Å². The van der Waals surface area contributed by atoms with E-state index in [1.54, 1.807) is 13.8 Å². The van der Waals surface area contributed by atoms with Crippen LogP contribution in [0.1, 0.15) is 27.9 Å². The molecule has 3 rings (SSSR count). The SMILES string of the molecule is Cc1nc(-c2ccccc2)sc1C(=O)OC(C)C(=O)NCCc1ccccc1. The average Bonchev–Trinajstić information content (AvgIpc) is 3.11. The standard InChI is InChI=1S/C22H22N2O3S/c1-15-19(28-21(24-15)18-11-7-4-8-12-18)22(26)27-16(2)20(25)23-14-13-17-9-5-3-6-10-17/h3-12,16H,13-14H2,1-2H3,(H,23,25). The fraction of sp³-hybridized carbons (Fsp3) is 0.227. The monoisotopic (exact) mass is 394 g/mol. The molecular formula is C22H22N2O3S. The largest absolute Gasteiger partial charge is 0.448 e. The van der Waals surface area contributed by atoms with Gasteiger partial charge in [-0.3, -0.25) is 4.79 Å². The highest BCUT2D eigenvalue weighted by molar-refractivity contribution is 7.17. The maximum Gasteiger partial charge on any atom is 0.351 e. The van der Waals surface area contributed by atoms with Crippen LogP contribution < -0.4 is 5.32 Å². The van der Waals surface area contributed by atoms with Gasteiger partial charge in [0.15, 0.2) is 6.10 Å². The summed E-state index contributed by atoms with van der Waals surface area (Å²) in [6, 6.07) is 19.5. The Labute approximate surface area is 168 Å². The van der Waals surface area contributed by atoms with Crippen molar-refractivity contribution in [2.24, 2.45) is 0 Å². The number of carbonyl (C=O) groups is 2. The summed E-state index contributed by atoms with van der Waals surface area (Å²) in [5.41, 5.74) is 2.69. The summed E-state index contributed by atoms with van der Waals surface area (Å²) >= 11 is 1.27. The summed E-state index contributed by atoms with van der Waals surface area (Å²) in [5.74, 6) is -0.836. The van der Waals surface area contributed by atoms with E-state index in [0.29, 0.717) is 17.1 Å². The number of carbonyl (C=O) groups excluding carboxylic acids is 2. The number of rotatable bonds is 7. The Morgan fingerprint density at radius 3 is 2.39 bits per heavy atom. The third-order valence-corrected chi connectivity index (χ3v) is 5.40. The Hall–Kier alpha value is -2.99. The lowest BCUT2D eigenvalue weighted by molar-refractivity contribution is -0.129. The van der Waals surface area contributed by atoms with Gasteiger partial charge in [0.05, 0.1) is 5.69 Å². The van der Waals surface area contributed by atoms with Crippen LogP contribution in [-0.2, 0) is 16.0 Å². The van der Waals surface area contributed by atoms with E-state index in [-0.39, 0.29) is 5.91 Å². The molecule has 1 aromatic heterocycles. The zero-order valence-corrected chi connectivity index (χ0v) is 16.7. The predicted octanol–water partition coefficient (Wildman–Crippen LogP) is 4.02. The molecule has 144 valence electrons. The normalized spacial score (nSPS) is 11.6. The Bertz CT molecular complexity index is 939. The zero-order chi connectivity index (χ0) is 19.9. The van der Waals surface area contributed by atoms with Gasteiger partial charge in [0.1, 0.15) is 9.88 Å². The molecule has 1 amide bonds. The van der Waals surface area contributed by atoms with Gasteiger partial charge in [-0.25, -0.2) is 9.78 Å². The van der Waals surface area contributed by atoms with Crippen molar-refractivity contribution in [3.05, 3.63) is 76.8 Å². The molecule has 5 nitrogen and oxygen atoms in total. The minimum absolute atomic E-state index is 0.310. The predicted molar refractivity (Wildman–Crippen MR) is 110 cm³/mol. The Morgan fingerprint density at radius 2 is 1.71 bits per heavy atom. The van der Waals surface area contributed by atoms with Crippen LogP contribution in [0.2, 0.25) is 0 Å². The zero-order valence-electron chi connectivity index (χ0n) is 15.8. The molecule has 0 fully saturated rings. The summed E-state index contributed by atoms with van der Waals surface area (Å²) in [7, 11) is 0. The highest BCUT2D eigenvalue weighted by atomic mass is 32.1. The molecule has 0 spiro atoms. The number of nitrogens with one attached hydrogen (secondary N) is 1. The molecule has 2 aromatic carbocycles. The summed E-state index contributed by atoms with van der Waals surface area (Å²) in [6.07, 6.45) is -0.147. The minimum atomic E-state index is -0.870. The van der Waals surface area contributed by atoms with E-state index in [1.165, 1.54) is 11.3 Å². The molecule has 6 heteroatoms. The molecule has 0 saturated heterocycles. The smallest absolute Gasteiger partial charge is 0.351 e. The van der Waals surface area contributed by atoms with Crippen molar-refractivity contribution in [1.82, 2.24) is 10.3 Å². The molecule has 1 unspecified atom stereocenters. The van der Waals surface area contributed by atoms with Gasteiger partial charge in [0.25, 0.3) is 5.91 Å². The Balaban J connectivity index is 1.55. The van der Waals surface area contributed by atoms with Gasteiger partial charge >= 0.3 is 5.97 Å². The van der Waals surface area contributed by atoms with Crippen molar-refractivity contribution in [3.8, 4) is 10.6 Å². The van der Waals surface area contributed by atoms with Crippen LogP contribution in [0.4, 0.5) is 0 Å². The molecule has 0 radical (unpaired) electrons. The van der Waals surface area contributed by atoms with Crippen molar-refractivity contribution < 1.29 is 14.3 Å². The molecule has 3 aromatic rings. The number of hydrogen-bond acceptors (Lipinski definition) is 5. The minimum Gasteiger partial charge on any atom is -0.448 e. The van der Waals surface area contributed by atoms with E-state index in [4.69, 9.17) is 4.74 Å². The van der Waals surface area contributed by atoms with Crippen molar-refractivity contribution >= 4 is 23.2 Å². The number of thiazole rings is 1. The number of esters is 1. The van der Waals surface area contributed by atoms with Gasteiger partial charge in [-0.1, -0.05) is 60.7 Å². The molecule has 1 atom stereocenters. The van der Waals surface area contributed by atoms with E-state index < -0.39 is 12.1 Å². The average molecular weight is 394 g/mol. The third-order valence-electron chi connectivity index (χ3n) is 4.21. The second-order valence-electron chi connectivity index (χ2n) is 6.37. The number of aromatic nitrogens is 1. The first-order valence-corrected chi connectivity index (χ1v) is 9.91. The lowest BCUT2D eigenvalue weighted by atomic mass is 10.1. The van der Waals surface area contributed by atoms with Crippen molar-refractivity contribution in [1.29, 1.82) is 0 Å². The van der Waals surface area contributed by atoms with Crippen molar-refractivity contribution in [2.45, 2.75) is 26.4 Å². The van der Waals surface area contributed by atoms with E-state index in [0.717, 1.165) is 22.6 Å². The van der Waals surface area contributed by atoms with E-state index in [9.17, 15) is 9.59 Å². The maximum absolute atomic E-state index is 12.5. The molecule has 0 aliphatic carbocycles. The quantitative estimate of drug-likeness (QED) is 0.615. The lowest BCUT2D eigenvalue weighted by Gasteiger charge is -2.13. The highest BCUT2D eigenvalue weighted by Crippen LogP contribution is 2.28. The summed E-state index contributed by atoms with van der Waals surface area (Å²) < 4.78 is 5.35. The molecule has 0 bridgehead atoms. The van der Waals surface area contributed by atoms with Crippen LogP contribution in [0.25, 0.3) is 10.6 Å². The number of nitrogens with zero attached hydrogens (tertiary/aromatic N) is 1. The number of benzene rings is 2. The fourth-order valence-corrected chi connectivity index (χ4v) is 3.63. The van der Waals surface area contributed by atoms with Crippen LogP contribution in [-0.4, -0.2) is 29.5 Å². The Morgan fingerprint density at radius 1 is 1.07 bits per heavy atom. The van der Waals surface area contributed by atoms with Crippen molar-refractivity contribution in [3.63, 3.8) is 0 Å². The van der Waals surface area contributed by atoms with Crippen LogP contribution in [0.5, 0.6) is 0 Å². The number of aryl methyl sites for hydroxylation is 1. The first-order valence-electron chi connectivity index (χ1n) is 9.10. The van der Waals surface area contributed by atoms with Crippen LogP contribution in [0.15, 0.2) is 60.7 Å². The Kier molecular flexibility index (Phi) is 6.55. The lowest BCUT2D eigenvalue weighted by Crippen LogP contribution is -2.36. The van der Waals surface area contributed by atoms with Gasteiger partial charge in [-0.2, -0.15) is 0 Å². The number of ether oxygens (including phenoxy) is 1. The topological polar surface area (TPSA) is 68.3 Å². The van der Waals surface area contributed by atoms with Gasteiger partial charge in [-0.05, 0) is 25.8 Å². The number of hydrogen-bond donors (Lipinski definition) is 1. The van der Waals surface area contributed by atoms with Gasteiger partial charge in [-0.15, -0.1) is 11.3 Å².